The lowest BCUT2D eigenvalue weighted by Crippen LogP contribution is -2.29. The van der Waals surface area contributed by atoms with Crippen LogP contribution >= 0.6 is 15.9 Å². The molecule has 0 fully saturated rings. The number of nitrogens with zero attached hydrogens (tertiary/aromatic N) is 2. The molecule has 19 heavy (non-hydrogen) atoms. The van der Waals surface area contributed by atoms with Crippen molar-refractivity contribution in [2.75, 3.05) is 6.26 Å². The zero-order chi connectivity index (χ0) is 14.0. The molecule has 0 aliphatic carbocycles. The molecule has 1 amide bonds. The van der Waals surface area contributed by atoms with E-state index in [1.165, 1.54) is 6.07 Å². The van der Waals surface area contributed by atoms with Gasteiger partial charge in [0.2, 0.25) is 10.0 Å². The zero-order valence-corrected chi connectivity index (χ0v) is 12.3. The monoisotopic (exact) mass is 343 g/mol. The smallest absolute Gasteiger partial charge is 0.264 e. The van der Waals surface area contributed by atoms with Crippen molar-refractivity contribution in [1.29, 1.82) is 0 Å². The van der Waals surface area contributed by atoms with E-state index in [4.69, 9.17) is 0 Å². The van der Waals surface area contributed by atoms with Crippen LogP contribution in [0.5, 0.6) is 0 Å². The second-order valence-electron chi connectivity index (χ2n) is 3.86. The van der Waals surface area contributed by atoms with Crippen molar-refractivity contribution < 1.29 is 13.2 Å². The van der Waals surface area contributed by atoms with Crippen LogP contribution in [-0.4, -0.2) is 30.4 Å². The molecular weight excluding hydrogens is 334 g/mol. The second-order valence-corrected chi connectivity index (χ2v) is 6.52. The third-order valence-electron chi connectivity index (χ3n) is 2.20. The predicted octanol–water partition coefficient (Wildman–Crippen LogP) is 1.32. The number of carbonyl (C=O) groups excluding carboxylic acids is 1. The number of halogens is 1. The van der Waals surface area contributed by atoms with Crippen LogP contribution in [0, 0.1) is 0 Å². The van der Waals surface area contributed by atoms with Gasteiger partial charge in [0.1, 0.15) is 0 Å². The van der Waals surface area contributed by atoms with Crippen LogP contribution in [0.25, 0.3) is 5.69 Å². The fraction of sp³-hybridized carbons (Fsp3) is 0.0909. The van der Waals surface area contributed by atoms with Crippen LogP contribution in [0.3, 0.4) is 0 Å². The minimum absolute atomic E-state index is 0.245. The summed E-state index contributed by atoms with van der Waals surface area (Å²) in [4.78, 5) is 11.7. The summed E-state index contributed by atoms with van der Waals surface area (Å²) in [5, 5.41) is 4.08. The summed E-state index contributed by atoms with van der Waals surface area (Å²) in [6, 6.07) is 6.50. The van der Waals surface area contributed by atoms with Crippen molar-refractivity contribution in [3.63, 3.8) is 0 Å². The molecule has 1 N–H and O–H groups in total. The Kier molecular flexibility index (Phi) is 3.72. The van der Waals surface area contributed by atoms with Gasteiger partial charge >= 0.3 is 0 Å². The van der Waals surface area contributed by atoms with Crippen LogP contribution in [0.4, 0.5) is 0 Å². The maximum atomic E-state index is 11.7. The largest absolute Gasteiger partial charge is 0.268 e. The van der Waals surface area contributed by atoms with Gasteiger partial charge in [-0.15, -0.1) is 0 Å². The molecule has 6 nitrogen and oxygen atoms in total. The van der Waals surface area contributed by atoms with Gasteiger partial charge in [0.05, 0.1) is 22.6 Å². The van der Waals surface area contributed by atoms with Gasteiger partial charge in [-0.3, -0.25) is 4.79 Å². The first kappa shape index (κ1) is 13.8. The highest BCUT2D eigenvalue weighted by atomic mass is 79.9. The second kappa shape index (κ2) is 5.14. The number of aromatic nitrogens is 2. The maximum Gasteiger partial charge on any atom is 0.264 e. The Hall–Kier alpha value is -1.67. The molecule has 1 aromatic heterocycles. The topological polar surface area (TPSA) is 81.1 Å². The van der Waals surface area contributed by atoms with Gasteiger partial charge in [-0.05, 0) is 34.1 Å². The van der Waals surface area contributed by atoms with Crippen LogP contribution in [0.1, 0.15) is 10.4 Å². The lowest BCUT2D eigenvalue weighted by molar-refractivity contribution is 0.0981. The number of carbonyl (C=O) groups is 1. The number of rotatable bonds is 3. The molecule has 0 aliphatic rings. The Labute approximate surface area is 118 Å². The Balaban J connectivity index is 2.32. The van der Waals surface area contributed by atoms with Gasteiger partial charge in [0.25, 0.3) is 5.91 Å². The molecule has 0 radical (unpaired) electrons. The van der Waals surface area contributed by atoms with Crippen molar-refractivity contribution in [1.82, 2.24) is 14.5 Å². The first-order valence-corrected chi connectivity index (χ1v) is 7.86. The van der Waals surface area contributed by atoms with E-state index in [0.29, 0.717) is 5.69 Å². The fourth-order valence-corrected chi connectivity index (χ4v) is 2.20. The van der Waals surface area contributed by atoms with E-state index < -0.39 is 15.9 Å². The van der Waals surface area contributed by atoms with Crippen molar-refractivity contribution in [3.8, 4) is 5.69 Å². The predicted molar refractivity (Wildman–Crippen MR) is 73.6 cm³/mol. The molecule has 0 saturated heterocycles. The first-order valence-electron chi connectivity index (χ1n) is 5.18. The summed E-state index contributed by atoms with van der Waals surface area (Å²) >= 11 is 3.27. The quantitative estimate of drug-likeness (QED) is 0.911. The molecule has 0 saturated carbocycles. The van der Waals surface area contributed by atoms with E-state index >= 15 is 0 Å². The molecule has 1 heterocycles. The summed E-state index contributed by atoms with van der Waals surface area (Å²) in [5.41, 5.74) is 0.904. The van der Waals surface area contributed by atoms with Gasteiger partial charge in [0.15, 0.2) is 0 Å². The van der Waals surface area contributed by atoms with Gasteiger partial charge in [-0.2, -0.15) is 5.10 Å². The number of hydrogen-bond donors (Lipinski definition) is 1. The molecular formula is C11H10BrN3O3S. The highest BCUT2D eigenvalue weighted by Crippen LogP contribution is 2.14. The third-order valence-corrected chi connectivity index (χ3v) is 3.17. The van der Waals surface area contributed by atoms with Gasteiger partial charge in [-0.25, -0.2) is 17.8 Å². The Morgan fingerprint density at radius 2 is 2.16 bits per heavy atom. The Bertz CT molecular complexity index is 724. The fourth-order valence-electron chi connectivity index (χ4n) is 1.46. The first-order chi connectivity index (χ1) is 8.85. The van der Waals surface area contributed by atoms with E-state index in [2.05, 4.69) is 21.0 Å². The highest BCUT2D eigenvalue weighted by Gasteiger charge is 2.11. The molecule has 0 atom stereocenters. The lowest BCUT2D eigenvalue weighted by Gasteiger charge is -2.05. The summed E-state index contributed by atoms with van der Waals surface area (Å²) < 4.78 is 26.3. The van der Waals surface area contributed by atoms with Crippen LogP contribution in [0.15, 0.2) is 41.1 Å². The molecule has 0 bridgehead atoms. The van der Waals surface area contributed by atoms with E-state index in [9.17, 15) is 13.2 Å². The highest BCUT2D eigenvalue weighted by molar-refractivity contribution is 9.10. The minimum Gasteiger partial charge on any atom is -0.268 e. The van der Waals surface area contributed by atoms with E-state index in [1.807, 2.05) is 4.72 Å². The molecule has 0 aliphatic heterocycles. The molecule has 2 rings (SSSR count). The number of hydrogen-bond acceptors (Lipinski definition) is 4. The molecule has 8 heteroatoms. The van der Waals surface area contributed by atoms with Crippen LogP contribution < -0.4 is 4.72 Å². The number of sulfonamides is 1. The van der Waals surface area contributed by atoms with Gasteiger partial charge in [0, 0.05) is 11.8 Å². The molecule has 1 aromatic carbocycles. The zero-order valence-electron chi connectivity index (χ0n) is 9.87. The van der Waals surface area contributed by atoms with Crippen molar-refractivity contribution in [2.45, 2.75) is 0 Å². The average Bonchev–Trinajstić information content (AvgIpc) is 2.74. The summed E-state index contributed by atoms with van der Waals surface area (Å²) in [6.07, 6.45) is 4.27. The van der Waals surface area contributed by atoms with E-state index in [-0.39, 0.29) is 5.56 Å². The molecule has 2 aromatic rings. The minimum atomic E-state index is -3.57. The summed E-state index contributed by atoms with van der Waals surface area (Å²) in [7, 11) is -3.57. The van der Waals surface area contributed by atoms with Crippen LogP contribution in [-0.2, 0) is 10.0 Å². The van der Waals surface area contributed by atoms with E-state index in [0.717, 1.165) is 10.7 Å². The van der Waals surface area contributed by atoms with Crippen molar-refractivity contribution in [3.05, 3.63) is 46.7 Å². The molecule has 100 valence electrons. The van der Waals surface area contributed by atoms with E-state index in [1.54, 1.807) is 35.3 Å². The normalized spacial score (nSPS) is 11.3. The Morgan fingerprint density at radius 1 is 1.42 bits per heavy atom. The van der Waals surface area contributed by atoms with Crippen molar-refractivity contribution >= 4 is 31.9 Å². The third kappa shape index (κ3) is 3.65. The SMILES string of the molecule is CS(=O)(=O)NC(=O)c1cccc(-n2cc(Br)cn2)c1. The summed E-state index contributed by atoms with van der Waals surface area (Å²) in [5.74, 6) is -0.671. The maximum absolute atomic E-state index is 11.7. The molecule has 0 spiro atoms. The van der Waals surface area contributed by atoms with Gasteiger partial charge < -0.3 is 0 Å². The number of nitrogens with one attached hydrogen (secondary N) is 1. The van der Waals surface area contributed by atoms with Crippen molar-refractivity contribution in [2.24, 2.45) is 0 Å². The summed E-state index contributed by atoms with van der Waals surface area (Å²) in [6.45, 7) is 0. The standard InChI is InChI=1S/C11H10BrN3O3S/c1-19(17,18)14-11(16)8-3-2-4-10(5-8)15-7-9(12)6-13-15/h2-7H,1H3,(H,14,16). The van der Waals surface area contributed by atoms with Gasteiger partial charge in [-0.1, -0.05) is 6.07 Å². The molecule has 0 unspecified atom stereocenters. The average molecular weight is 344 g/mol. The number of benzene rings is 1. The number of amides is 1. The Morgan fingerprint density at radius 3 is 2.74 bits per heavy atom. The lowest BCUT2D eigenvalue weighted by atomic mass is 10.2. The van der Waals surface area contributed by atoms with Crippen LogP contribution in [0.2, 0.25) is 0 Å².